The molecule has 0 aliphatic heterocycles. The Bertz CT molecular complexity index is 2570. The van der Waals surface area contributed by atoms with Crippen LogP contribution in [0.2, 0.25) is 0 Å². The molecule has 0 saturated carbocycles. The molecular weight excluding hydrogens is 536 g/mol. The van der Waals surface area contributed by atoms with E-state index in [1.807, 2.05) is 36.4 Å². The van der Waals surface area contributed by atoms with E-state index in [1.54, 1.807) is 0 Å². The Morgan fingerprint density at radius 2 is 0.682 bits per heavy atom. The van der Waals surface area contributed by atoms with Gasteiger partial charge in [-0.25, -0.2) is 19.9 Å². The number of benzene rings is 8. The van der Waals surface area contributed by atoms with Gasteiger partial charge in [-0.05, 0) is 52.6 Å². The van der Waals surface area contributed by atoms with Gasteiger partial charge in [0.15, 0.2) is 0 Å². The minimum Gasteiger partial charge on any atom is -0.244 e. The molecule has 0 N–H and O–H groups in total. The molecule has 0 aliphatic rings. The summed E-state index contributed by atoms with van der Waals surface area (Å²) < 4.78 is 0. The van der Waals surface area contributed by atoms with Crippen LogP contribution in [-0.2, 0) is 0 Å². The lowest BCUT2D eigenvalue weighted by Crippen LogP contribution is -1.99. The predicted octanol–water partition coefficient (Wildman–Crippen LogP) is 10.1. The lowest BCUT2D eigenvalue weighted by molar-refractivity contribution is 1.41. The zero-order valence-electron chi connectivity index (χ0n) is 23.5. The molecule has 10 rings (SSSR count). The van der Waals surface area contributed by atoms with Crippen LogP contribution in [0.4, 0.5) is 0 Å². The second-order valence-electron chi connectivity index (χ2n) is 11.4. The van der Waals surface area contributed by atoms with E-state index in [4.69, 9.17) is 19.9 Å². The first-order valence-electron chi connectivity index (χ1n) is 14.8. The van der Waals surface area contributed by atoms with Gasteiger partial charge < -0.3 is 0 Å². The highest BCUT2D eigenvalue weighted by Crippen LogP contribution is 2.50. The summed E-state index contributed by atoms with van der Waals surface area (Å²) in [5.74, 6) is 0. The van der Waals surface area contributed by atoms with Gasteiger partial charge in [0.05, 0.1) is 44.1 Å². The third-order valence-corrected chi connectivity index (χ3v) is 8.94. The number of rotatable bonds is 2. The van der Waals surface area contributed by atoms with Crippen LogP contribution < -0.4 is 0 Å². The summed E-state index contributed by atoms with van der Waals surface area (Å²) in [4.78, 5) is 21.2. The fourth-order valence-corrected chi connectivity index (χ4v) is 7.06. The first kappa shape index (κ1) is 23.6. The Kier molecular flexibility index (Phi) is 4.69. The molecule has 2 heterocycles. The normalized spacial score (nSPS) is 12.1. The van der Waals surface area contributed by atoms with Crippen molar-refractivity contribution < 1.29 is 0 Å². The van der Waals surface area contributed by atoms with Crippen LogP contribution in [0.3, 0.4) is 0 Å². The molecule has 4 nitrogen and oxygen atoms in total. The number of hydrogen-bond donors (Lipinski definition) is 0. The average Bonchev–Trinajstić information content (AvgIpc) is 3.10. The van der Waals surface area contributed by atoms with Crippen LogP contribution in [0, 0.1) is 0 Å². The Balaban J connectivity index is 1.59. The minimum absolute atomic E-state index is 0.882. The lowest BCUT2D eigenvalue weighted by atomic mass is 9.83. The van der Waals surface area contributed by atoms with Crippen molar-refractivity contribution in [3.05, 3.63) is 133 Å². The standard InChI is InChI=1S/C40H22N4/c1-3-12-23(13-4-1)27-22-28(24-14-5-2-6-15-24)35-36-33-25(37-39(34(27)36)43-31-20-9-7-18-29(31)41-37)16-11-17-26(33)38-40(35)44-32-21-10-8-19-30(32)42-38/h1-22H. The van der Waals surface area contributed by atoms with Gasteiger partial charge >= 0.3 is 0 Å². The number of aromatic nitrogens is 4. The van der Waals surface area contributed by atoms with Gasteiger partial charge in [-0.3, -0.25) is 0 Å². The summed E-state index contributed by atoms with van der Waals surface area (Å²) in [5.41, 5.74) is 11.7. The Hall–Kier alpha value is -6.00. The van der Waals surface area contributed by atoms with Gasteiger partial charge in [0.2, 0.25) is 0 Å². The summed E-state index contributed by atoms with van der Waals surface area (Å²) in [5, 5.41) is 6.66. The fourth-order valence-electron chi connectivity index (χ4n) is 7.06. The number of nitrogens with zero attached hydrogens (tertiary/aromatic N) is 4. The van der Waals surface area contributed by atoms with Crippen molar-refractivity contribution in [2.45, 2.75) is 0 Å². The van der Waals surface area contributed by atoms with E-state index >= 15 is 0 Å². The molecular formula is C40H22N4. The van der Waals surface area contributed by atoms with Crippen molar-refractivity contribution in [2.24, 2.45) is 0 Å². The summed E-state index contributed by atoms with van der Waals surface area (Å²) in [6.45, 7) is 0. The molecule has 0 unspecified atom stereocenters. The Morgan fingerprint density at radius 1 is 0.295 bits per heavy atom. The summed E-state index contributed by atoms with van der Waals surface area (Å²) in [7, 11) is 0. The smallest absolute Gasteiger partial charge is 0.0986 e. The average molecular weight is 559 g/mol. The number of hydrogen-bond acceptors (Lipinski definition) is 4. The van der Waals surface area contributed by atoms with Crippen molar-refractivity contribution in [1.29, 1.82) is 0 Å². The summed E-state index contributed by atoms with van der Waals surface area (Å²) in [6.07, 6.45) is 0. The first-order valence-corrected chi connectivity index (χ1v) is 14.8. The van der Waals surface area contributed by atoms with E-state index in [-0.39, 0.29) is 0 Å². The molecule has 10 aromatic rings. The van der Waals surface area contributed by atoms with E-state index < -0.39 is 0 Å². The topological polar surface area (TPSA) is 51.6 Å². The highest BCUT2D eigenvalue weighted by Gasteiger charge is 2.25. The van der Waals surface area contributed by atoms with E-state index in [2.05, 4.69) is 97.1 Å². The molecule has 2 aromatic heterocycles. The molecule has 0 amide bonds. The molecule has 0 bridgehead atoms. The van der Waals surface area contributed by atoms with Crippen molar-refractivity contribution in [3.63, 3.8) is 0 Å². The molecule has 0 fully saturated rings. The zero-order chi connectivity index (χ0) is 28.8. The largest absolute Gasteiger partial charge is 0.244 e. The van der Waals surface area contributed by atoms with Crippen molar-refractivity contribution in [3.8, 4) is 22.3 Å². The van der Waals surface area contributed by atoms with E-state index in [0.29, 0.717) is 0 Å². The van der Waals surface area contributed by atoms with E-state index in [0.717, 1.165) is 98.7 Å². The SMILES string of the molecule is c1ccc(-c2cc(-c3ccccc3)c3c4nc5ccccc5nc4c4cccc5c6nc7ccccc7nc6c2c3c54)cc1. The van der Waals surface area contributed by atoms with Crippen LogP contribution in [0.5, 0.6) is 0 Å². The third kappa shape index (κ3) is 3.17. The van der Waals surface area contributed by atoms with Crippen LogP contribution in [0.1, 0.15) is 0 Å². The summed E-state index contributed by atoms with van der Waals surface area (Å²) >= 11 is 0. The molecule has 8 aromatic carbocycles. The molecule has 0 atom stereocenters. The molecule has 0 saturated heterocycles. The van der Waals surface area contributed by atoms with Gasteiger partial charge in [0.1, 0.15) is 0 Å². The highest BCUT2D eigenvalue weighted by atomic mass is 14.8. The lowest BCUT2D eigenvalue weighted by Gasteiger charge is -2.21. The van der Waals surface area contributed by atoms with Crippen LogP contribution in [0.15, 0.2) is 133 Å². The quantitative estimate of drug-likeness (QED) is 0.156. The van der Waals surface area contributed by atoms with Gasteiger partial charge in [-0.15, -0.1) is 0 Å². The first-order chi connectivity index (χ1) is 21.8. The molecule has 0 spiro atoms. The Morgan fingerprint density at radius 3 is 1.11 bits per heavy atom. The third-order valence-electron chi connectivity index (χ3n) is 8.94. The van der Waals surface area contributed by atoms with Gasteiger partial charge in [-0.1, -0.05) is 103 Å². The highest BCUT2D eigenvalue weighted by molar-refractivity contribution is 6.42. The second kappa shape index (κ2) is 8.76. The maximum absolute atomic E-state index is 5.35. The van der Waals surface area contributed by atoms with E-state index in [9.17, 15) is 0 Å². The van der Waals surface area contributed by atoms with Crippen LogP contribution >= 0.6 is 0 Å². The summed E-state index contributed by atoms with van der Waals surface area (Å²) in [6, 6.07) is 46.4. The molecule has 0 aliphatic carbocycles. The van der Waals surface area contributed by atoms with Gasteiger partial charge in [-0.2, -0.15) is 0 Å². The molecule has 44 heavy (non-hydrogen) atoms. The van der Waals surface area contributed by atoms with Crippen molar-refractivity contribution in [2.75, 3.05) is 0 Å². The van der Waals surface area contributed by atoms with Crippen molar-refractivity contribution in [1.82, 2.24) is 19.9 Å². The van der Waals surface area contributed by atoms with Gasteiger partial charge in [0, 0.05) is 32.3 Å². The number of para-hydroxylation sites is 4. The monoisotopic (exact) mass is 558 g/mol. The van der Waals surface area contributed by atoms with Crippen molar-refractivity contribution >= 4 is 76.5 Å². The maximum atomic E-state index is 5.35. The maximum Gasteiger partial charge on any atom is 0.0986 e. The molecule has 4 heteroatoms. The van der Waals surface area contributed by atoms with E-state index in [1.165, 1.54) is 0 Å². The molecule has 202 valence electrons. The van der Waals surface area contributed by atoms with Crippen LogP contribution in [0.25, 0.3) is 98.7 Å². The predicted molar refractivity (Wildman–Crippen MR) is 182 cm³/mol. The zero-order valence-corrected chi connectivity index (χ0v) is 23.5. The molecule has 0 radical (unpaired) electrons. The minimum atomic E-state index is 0.882. The van der Waals surface area contributed by atoms with Gasteiger partial charge in [0.25, 0.3) is 0 Å². The second-order valence-corrected chi connectivity index (χ2v) is 11.4. The van der Waals surface area contributed by atoms with Crippen LogP contribution in [-0.4, -0.2) is 19.9 Å². The fraction of sp³-hybridized carbons (Fsp3) is 0. The number of fused-ring (bicyclic) bond motifs is 8. The Labute approximate surface area is 251 Å².